The third-order valence-corrected chi connectivity index (χ3v) is 4.61. The standard InChI is InChI=1S/C20H21Cl2FN4O2/c1-5-6-13-17(22)25-16-9-10-24-27(16)18(13)26(19(28)29-20(2,3)4)12-7-8-15(23)14(21)11-12/h7-11H,5-6H2,1-4H3. The Morgan fingerprint density at radius 3 is 2.62 bits per heavy atom. The highest BCUT2D eigenvalue weighted by Crippen LogP contribution is 2.36. The summed E-state index contributed by atoms with van der Waals surface area (Å²) in [4.78, 5) is 18.9. The Hall–Kier alpha value is -2.38. The summed E-state index contributed by atoms with van der Waals surface area (Å²) in [5.41, 5.74) is 0.648. The number of fused-ring (bicyclic) bond motifs is 1. The quantitative estimate of drug-likeness (QED) is 0.454. The molecule has 0 unspecified atom stereocenters. The highest BCUT2D eigenvalue weighted by Gasteiger charge is 2.30. The fraction of sp³-hybridized carbons (Fsp3) is 0.350. The van der Waals surface area contributed by atoms with Gasteiger partial charge in [-0.15, -0.1) is 0 Å². The first-order valence-corrected chi connectivity index (χ1v) is 9.88. The van der Waals surface area contributed by atoms with E-state index in [9.17, 15) is 9.18 Å². The van der Waals surface area contributed by atoms with Gasteiger partial charge in [0.05, 0.1) is 16.9 Å². The van der Waals surface area contributed by atoms with Crippen LogP contribution in [0.1, 0.15) is 39.7 Å². The third-order valence-electron chi connectivity index (χ3n) is 4.00. The molecule has 0 saturated heterocycles. The largest absolute Gasteiger partial charge is 0.443 e. The van der Waals surface area contributed by atoms with Gasteiger partial charge in [-0.1, -0.05) is 36.5 Å². The second kappa shape index (κ2) is 8.16. The van der Waals surface area contributed by atoms with Crippen molar-refractivity contribution in [3.8, 4) is 0 Å². The molecule has 1 aromatic carbocycles. The van der Waals surface area contributed by atoms with Crippen LogP contribution in [0.3, 0.4) is 0 Å². The molecule has 0 atom stereocenters. The maximum Gasteiger partial charge on any atom is 0.420 e. The highest BCUT2D eigenvalue weighted by molar-refractivity contribution is 6.31. The predicted molar refractivity (Wildman–Crippen MR) is 112 cm³/mol. The second-order valence-electron chi connectivity index (χ2n) is 7.47. The molecule has 0 N–H and O–H groups in total. The third kappa shape index (κ3) is 4.46. The smallest absolute Gasteiger partial charge is 0.420 e. The molecule has 9 heteroatoms. The van der Waals surface area contributed by atoms with Crippen LogP contribution in [-0.4, -0.2) is 26.3 Å². The molecule has 0 bridgehead atoms. The summed E-state index contributed by atoms with van der Waals surface area (Å²) in [7, 11) is 0. The van der Waals surface area contributed by atoms with Gasteiger partial charge < -0.3 is 4.74 Å². The maximum absolute atomic E-state index is 13.8. The number of nitrogens with zero attached hydrogens (tertiary/aromatic N) is 4. The van der Waals surface area contributed by atoms with E-state index in [0.29, 0.717) is 29.1 Å². The highest BCUT2D eigenvalue weighted by atomic mass is 35.5. The molecule has 0 aliphatic rings. The molecule has 3 rings (SSSR count). The van der Waals surface area contributed by atoms with E-state index >= 15 is 0 Å². The van der Waals surface area contributed by atoms with E-state index < -0.39 is 17.5 Å². The van der Waals surface area contributed by atoms with E-state index in [1.54, 1.807) is 33.0 Å². The summed E-state index contributed by atoms with van der Waals surface area (Å²) in [6.45, 7) is 7.27. The van der Waals surface area contributed by atoms with Crippen molar-refractivity contribution in [1.29, 1.82) is 0 Å². The Kier molecular flexibility index (Phi) is 6.00. The molecule has 3 aromatic rings. The van der Waals surface area contributed by atoms with Crippen LogP contribution in [0.5, 0.6) is 0 Å². The molecule has 154 valence electrons. The fourth-order valence-corrected chi connectivity index (χ4v) is 3.31. The number of aromatic nitrogens is 3. The van der Waals surface area contributed by atoms with Crippen molar-refractivity contribution in [2.75, 3.05) is 4.90 Å². The Morgan fingerprint density at radius 1 is 1.28 bits per heavy atom. The molecule has 1 amide bonds. The van der Waals surface area contributed by atoms with E-state index in [0.717, 1.165) is 6.42 Å². The first-order chi connectivity index (χ1) is 13.6. The van der Waals surface area contributed by atoms with Crippen LogP contribution < -0.4 is 4.90 Å². The van der Waals surface area contributed by atoms with E-state index in [4.69, 9.17) is 27.9 Å². The average molecular weight is 439 g/mol. The van der Waals surface area contributed by atoms with Crippen LogP contribution in [0, 0.1) is 5.82 Å². The zero-order chi connectivity index (χ0) is 21.3. The van der Waals surface area contributed by atoms with Crippen molar-refractivity contribution in [3.05, 3.63) is 52.0 Å². The maximum atomic E-state index is 13.8. The van der Waals surface area contributed by atoms with Crippen molar-refractivity contribution in [1.82, 2.24) is 14.6 Å². The predicted octanol–water partition coefficient (Wildman–Crippen LogP) is 6.20. The first-order valence-electron chi connectivity index (χ1n) is 9.12. The number of halogens is 3. The molecule has 0 aliphatic heterocycles. The summed E-state index contributed by atoms with van der Waals surface area (Å²) >= 11 is 12.5. The molecule has 0 saturated carbocycles. The van der Waals surface area contributed by atoms with E-state index in [2.05, 4.69) is 10.1 Å². The van der Waals surface area contributed by atoms with Crippen molar-refractivity contribution >= 4 is 46.4 Å². The molecule has 6 nitrogen and oxygen atoms in total. The van der Waals surface area contributed by atoms with Crippen LogP contribution in [0.4, 0.5) is 20.7 Å². The first kappa shape index (κ1) is 21.3. The van der Waals surface area contributed by atoms with Crippen LogP contribution in [0.15, 0.2) is 30.5 Å². The Labute approximate surface area is 178 Å². The normalized spacial score (nSPS) is 11.7. The monoisotopic (exact) mass is 438 g/mol. The number of hydrogen-bond donors (Lipinski definition) is 0. The molecule has 29 heavy (non-hydrogen) atoms. The lowest BCUT2D eigenvalue weighted by molar-refractivity contribution is 0.0597. The molecule has 2 heterocycles. The van der Waals surface area contributed by atoms with Gasteiger partial charge in [-0.2, -0.15) is 9.61 Å². The van der Waals surface area contributed by atoms with Crippen molar-refractivity contribution in [2.24, 2.45) is 0 Å². The van der Waals surface area contributed by atoms with Gasteiger partial charge in [-0.3, -0.25) is 0 Å². The van der Waals surface area contributed by atoms with E-state index in [-0.39, 0.29) is 10.2 Å². The molecule has 0 fully saturated rings. The number of carbonyl (C=O) groups is 1. The Balaban J connectivity index is 2.31. The summed E-state index contributed by atoms with van der Waals surface area (Å²) in [6.07, 6.45) is 2.19. The van der Waals surface area contributed by atoms with Crippen molar-refractivity contribution in [2.45, 2.75) is 46.1 Å². The Bertz CT molecular complexity index is 1060. The second-order valence-corrected chi connectivity index (χ2v) is 8.24. The fourth-order valence-electron chi connectivity index (χ4n) is 2.87. The lowest BCUT2D eigenvalue weighted by Crippen LogP contribution is -2.35. The zero-order valence-electron chi connectivity index (χ0n) is 16.5. The lowest BCUT2D eigenvalue weighted by atomic mass is 10.1. The zero-order valence-corrected chi connectivity index (χ0v) is 18.1. The number of benzene rings is 1. The average Bonchev–Trinajstić information content (AvgIpc) is 3.07. The van der Waals surface area contributed by atoms with Crippen LogP contribution in [0.25, 0.3) is 5.65 Å². The van der Waals surface area contributed by atoms with E-state index in [1.165, 1.54) is 27.6 Å². The minimum Gasteiger partial charge on any atom is -0.443 e. The molecular formula is C20H21Cl2FN4O2. The number of carbonyl (C=O) groups excluding carboxylic acids is 1. The minimum atomic E-state index is -0.760. The van der Waals surface area contributed by atoms with Crippen LogP contribution >= 0.6 is 23.2 Å². The van der Waals surface area contributed by atoms with Gasteiger partial charge in [0.1, 0.15) is 16.6 Å². The Morgan fingerprint density at radius 2 is 2.00 bits per heavy atom. The summed E-state index contributed by atoms with van der Waals surface area (Å²) in [5, 5.41) is 4.45. The molecule has 2 aromatic heterocycles. The van der Waals surface area contributed by atoms with Crippen LogP contribution in [0.2, 0.25) is 10.2 Å². The van der Waals surface area contributed by atoms with Gasteiger partial charge in [-0.05, 0) is 45.4 Å². The number of hydrogen-bond acceptors (Lipinski definition) is 4. The minimum absolute atomic E-state index is 0.120. The van der Waals surface area contributed by atoms with Crippen molar-refractivity contribution < 1.29 is 13.9 Å². The van der Waals surface area contributed by atoms with Gasteiger partial charge in [0.2, 0.25) is 0 Å². The van der Waals surface area contributed by atoms with Gasteiger partial charge >= 0.3 is 6.09 Å². The van der Waals surface area contributed by atoms with Gasteiger partial charge in [0.15, 0.2) is 11.5 Å². The lowest BCUT2D eigenvalue weighted by Gasteiger charge is -2.29. The number of amides is 1. The number of ether oxygens (including phenoxy) is 1. The van der Waals surface area contributed by atoms with Crippen LogP contribution in [-0.2, 0) is 11.2 Å². The van der Waals surface area contributed by atoms with Gasteiger partial charge in [0.25, 0.3) is 0 Å². The van der Waals surface area contributed by atoms with E-state index in [1.807, 2.05) is 6.92 Å². The summed E-state index contributed by atoms with van der Waals surface area (Å²) in [5.74, 6) is -0.214. The number of anilines is 2. The summed E-state index contributed by atoms with van der Waals surface area (Å²) in [6, 6.07) is 5.68. The topological polar surface area (TPSA) is 59.7 Å². The molecule has 0 spiro atoms. The summed E-state index contributed by atoms with van der Waals surface area (Å²) < 4.78 is 20.9. The molecular weight excluding hydrogens is 418 g/mol. The SMILES string of the molecule is CCCc1c(Cl)nc2ccnn2c1N(C(=O)OC(C)(C)C)c1ccc(F)c(Cl)c1. The molecule has 0 aliphatic carbocycles. The van der Waals surface area contributed by atoms with Gasteiger partial charge in [0, 0.05) is 11.6 Å². The number of rotatable bonds is 4. The molecule has 0 radical (unpaired) electrons. The van der Waals surface area contributed by atoms with Gasteiger partial charge in [-0.25, -0.2) is 19.1 Å². The van der Waals surface area contributed by atoms with Crippen molar-refractivity contribution in [3.63, 3.8) is 0 Å².